The summed E-state index contributed by atoms with van der Waals surface area (Å²) in [6.07, 6.45) is 11.2. The average molecular weight is 528 g/mol. The fraction of sp³-hybridized carbons (Fsp3) is 0.875. The van der Waals surface area contributed by atoms with E-state index >= 15 is 0 Å². The van der Waals surface area contributed by atoms with Gasteiger partial charge in [-0.05, 0) is 106 Å². The van der Waals surface area contributed by atoms with E-state index in [0.29, 0.717) is 29.0 Å². The first-order valence-corrected chi connectivity index (χ1v) is 15.6. The van der Waals surface area contributed by atoms with Crippen molar-refractivity contribution in [1.29, 1.82) is 0 Å². The molecule has 1 saturated heterocycles. The zero-order chi connectivity index (χ0) is 27.2. The molecule has 0 aromatic carbocycles. The summed E-state index contributed by atoms with van der Waals surface area (Å²) in [5.41, 5.74) is 3.32. The standard InChI is InChI=1S/C32H53N3O3/c1-21-16-30-32(33-5,35(19-21)15-14-34(6)23(3)36)12-7-8-26-27-10-9-24-17-25(37)11-13-31(24,4)29(27)18-28(26)22(2)20-38-30/h21,24,26-27,29-30,33H,7-20H2,1-6H3. The summed E-state index contributed by atoms with van der Waals surface area (Å²) in [6, 6.07) is 0. The van der Waals surface area contributed by atoms with Crippen LogP contribution in [-0.2, 0) is 14.3 Å². The number of allylic oxidation sites excluding steroid dienone is 1. The number of ether oxygens (including phenoxy) is 1. The number of ketones is 1. The van der Waals surface area contributed by atoms with E-state index < -0.39 is 0 Å². The number of nitrogens with zero attached hydrogens (tertiary/aromatic N) is 2. The summed E-state index contributed by atoms with van der Waals surface area (Å²) in [6.45, 7) is 12.3. The van der Waals surface area contributed by atoms with Gasteiger partial charge >= 0.3 is 0 Å². The van der Waals surface area contributed by atoms with Crippen LogP contribution >= 0.6 is 0 Å². The Labute approximate surface area is 231 Å². The molecule has 3 aliphatic carbocycles. The number of carbonyl (C=O) groups is 2. The number of nitrogens with one attached hydrogen (secondary N) is 1. The number of likely N-dealkylation sites (N-methyl/N-ethyl adjacent to an activating group) is 2. The van der Waals surface area contributed by atoms with Gasteiger partial charge in [0, 0.05) is 46.4 Å². The maximum absolute atomic E-state index is 12.3. The lowest BCUT2D eigenvalue weighted by molar-refractivity contribution is -0.136. The number of Topliss-reactive ketones (excluding diaryl/α,β-unsaturated/α-hetero) is 1. The van der Waals surface area contributed by atoms with Crippen molar-refractivity contribution in [3.63, 3.8) is 0 Å². The predicted molar refractivity (Wildman–Crippen MR) is 152 cm³/mol. The second kappa shape index (κ2) is 11.0. The van der Waals surface area contributed by atoms with Crippen molar-refractivity contribution in [2.24, 2.45) is 35.0 Å². The highest BCUT2D eigenvalue weighted by Crippen LogP contribution is 2.63. The Kier molecular flexibility index (Phi) is 8.17. The molecule has 5 aliphatic rings. The van der Waals surface area contributed by atoms with Gasteiger partial charge in [-0.1, -0.05) is 19.4 Å². The van der Waals surface area contributed by atoms with Crippen LogP contribution in [0.1, 0.15) is 91.9 Å². The molecular formula is C32H53N3O3. The van der Waals surface area contributed by atoms with Gasteiger partial charge in [0.1, 0.15) is 5.78 Å². The highest BCUT2D eigenvalue weighted by atomic mass is 16.5. The second-order valence-corrected chi connectivity index (χ2v) is 14.0. The van der Waals surface area contributed by atoms with Crippen LogP contribution in [0.25, 0.3) is 0 Å². The number of rotatable bonds is 4. The van der Waals surface area contributed by atoms with E-state index in [9.17, 15) is 9.59 Å². The lowest BCUT2D eigenvalue weighted by atomic mass is 9.52. The summed E-state index contributed by atoms with van der Waals surface area (Å²) >= 11 is 0. The Hall–Kier alpha value is -1.24. The molecule has 1 amide bonds. The maximum Gasteiger partial charge on any atom is 0.219 e. The molecule has 0 aromatic heterocycles. The van der Waals surface area contributed by atoms with Gasteiger partial charge in [-0.25, -0.2) is 0 Å². The number of amides is 1. The van der Waals surface area contributed by atoms with Gasteiger partial charge in [0.15, 0.2) is 0 Å². The molecule has 6 heteroatoms. The summed E-state index contributed by atoms with van der Waals surface area (Å²) in [5.74, 6) is 3.95. The number of hydrogen-bond donors (Lipinski definition) is 1. The number of likely N-dealkylation sites (tertiary alicyclic amines) is 1. The van der Waals surface area contributed by atoms with Crippen molar-refractivity contribution in [1.82, 2.24) is 15.1 Å². The molecule has 1 N–H and O–H groups in total. The molecule has 6 nitrogen and oxygen atoms in total. The lowest BCUT2D eigenvalue weighted by Gasteiger charge is -2.54. The minimum Gasteiger partial charge on any atom is -0.371 e. The molecule has 0 bridgehead atoms. The fourth-order valence-corrected chi connectivity index (χ4v) is 9.59. The predicted octanol–water partition coefficient (Wildman–Crippen LogP) is 5.03. The average Bonchev–Trinajstić information content (AvgIpc) is 3.27. The lowest BCUT2D eigenvalue weighted by Crippen LogP contribution is -2.70. The molecule has 214 valence electrons. The third-order valence-electron chi connectivity index (χ3n) is 12.0. The van der Waals surface area contributed by atoms with E-state index in [1.807, 2.05) is 11.9 Å². The summed E-state index contributed by atoms with van der Waals surface area (Å²) in [7, 11) is 4.03. The van der Waals surface area contributed by atoms with Crippen molar-refractivity contribution in [2.45, 2.75) is 104 Å². The number of fused-ring (bicyclic) bond motifs is 6. The molecule has 8 atom stereocenters. The van der Waals surface area contributed by atoms with Crippen LogP contribution in [-0.4, -0.2) is 73.6 Å². The van der Waals surface area contributed by atoms with Crippen LogP contribution in [0, 0.1) is 35.0 Å². The highest BCUT2D eigenvalue weighted by molar-refractivity contribution is 5.79. The maximum atomic E-state index is 12.3. The van der Waals surface area contributed by atoms with E-state index in [2.05, 4.69) is 38.0 Å². The first-order chi connectivity index (χ1) is 18.1. The van der Waals surface area contributed by atoms with E-state index in [4.69, 9.17) is 4.74 Å². The smallest absolute Gasteiger partial charge is 0.219 e. The molecule has 0 aromatic rings. The summed E-state index contributed by atoms with van der Waals surface area (Å²) in [4.78, 5) is 28.7. The monoisotopic (exact) mass is 527 g/mol. The van der Waals surface area contributed by atoms with Crippen LogP contribution in [0.2, 0.25) is 0 Å². The van der Waals surface area contributed by atoms with Gasteiger partial charge in [0.2, 0.25) is 5.91 Å². The Morgan fingerprint density at radius 2 is 2.00 bits per heavy atom. The van der Waals surface area contributed by atoms with E-state index in [1.54, 1.807) is 12.5 Å². The number of hydrogen-bond acceptors (Lipinski definition) is 5. The third kappa shape index (κ3) is 4.92. The molecule has 8 unspecified atom stereocenters. The fourth-order valence-electron chi connectivity index (χ4n) is 9.59. The van der Waals surface area contributed by atoms with Crippen LogP contribution in [0.5, 0.6) is 0 Å². The van der Waals surface area contributed by atoms with Gasteiger partial charge in [-0.3, -0.25) is 14.5 Å². The number of carbonyl (C=O) groups excluding carboxylic acids is 2. The van der Waals surface area contributed by atoms with Gasteiger partial charge in [0.25, 0.3) is 0 Å². The van der Waals surface area contributed by atoms with E-state index in [0.717, 1.165) is 70.2 Å². The molecule has 5 rings (SSSR count). The van der Waals surface area contributed by atoms with Crippen LogP contribution in [0.15, 0.2) is 11.1 Å². The SMILES string of the molecule is CNC12CCCC3C(=C(C)COC1CC(C)CN2CCN(C)C(C)=O)CC1C3CCC2CC(=O)CCC21C. The Balaban J connectivity index is 1.39. The number of piperidine rings is 1. The molecule has 0 radical (unpaired) electrons. The van der Waals surface area contributed by atoms with Crippen LogP contribution in [0.3, 0.4) is 0 Å². The van der Waals surface area contributed by atoms with Gasteiger partial charge < -0.3 is 15.0 Å². The minimum absolute atomic E-state index is 0.127. The minimum atomic E-state index is -0.187. The van der Waals surface area contributed by atoms with Crippen molar-refractivity contribution < 1.29 is 14.3 Å². The van der Waals surface area contributed by atoms with Crippen molar-refractivity contribution in [3.8, 4) is 0 Å². The van der Waals surface area contributed by atoms with Gasteiger partial charge in [-0.15, -0.1) is 0 Å². The quantitative estimate of drug-likeness (QED) is 0.520. The Morgan fingerprint density at radius 3 is 2.74 bits per heavy atom. The normalized spacial score (nSPS) is 42.1. The molecule has 38 heavy (non-hydrogen) atoms. The second-order valence-electron chi connectivity index (χ2n) is 14.0. The van der Waals surface area contributed by atoms with Gasteiger partial charge in [-0.2, -0.15) is 0 Å². The molecular weight excluding hydrogens is 474 g/mol. The topological polar surface area (TPSA) is 61.9 Å². The van der Waals surface area contributed by atoms with Crippen molar-refractivity contribution >= 4 is 11.7 Å². The van der Waals surface area contributed by atoms with E-state index in [-0.39, 0.29) is 17.7 Å². The van der Waals surface area contributed by atoms with Crippen molar-refractivity contribution in [2.75, 3.05) is 40.3 Å². The van der Waals surface area contributed by atoms with Crippen LogP contribution < -0.4 is 5.32 Å². The molecule has 3 saturated carbocycles. The zero-order valence-electron chi connectivity index (χ0n) is 25.0. The Bertz CT molecular complexity index is 948. The molecule has 2 aliphatic heterocycles. The third-order valence-corrected chi connectivity index (χ3v) is 12.0. The largest absolute Gasteiger partial charge is 0.371 e. The molecule has 4 fully saturated rings. The highest BCUT2D eigenvalue weighted by Gasteiger charge is 2.56. The first kappa shape index (κ1) is 28.3. The Morgan fingerprint density at radius 1 is 1.21 bits per heavy atom. The van der Waals surface area contributed by atoms with Gasteiger partial charge in [0.05, 0.1) is 18.4 Å². The molecule has 0 spiro atoms. The van der Waals surface area contributed by atoms with Crippen LogP contribution in [0.4, 0.5) is 0 Å². The zero-order valence-corrected chi connectivity index (χ0v) is 25.0. The summed E-state index contributed by atoms with van der Waals surface area (Å²) < 4.78 is 6.90. The first-order valence-electron chi connectivity index (χ1n) is 15.6. The van der Waals surface area contributed by atoms with Crippen molar-refractivity contribution in [3.05, 3.63) is 11.1 Å². The summed E-state index contributed by atoms with van der Waals surface area (Å²) in [5, 5.41) is 3.79. The van der Waals surface area contributed by atoms with E-state index in [1.165, 1.54) is 37.7 Å². The molecule has 2 heterocycles.